The molecule has 3 aromatic rings. The van der Waals surface area contributed by atoms with Gasteiger partial charge < -0.3 is 10.5 Å². The molecule has 0 amide bonds. The highest BCUT2D eigenvalue weighted by molar-refractivity contribution is 5.87. The zero-order chi connectivity index (χ0) is 14.7. The van der Waals surface area contributed by atoms with Gasteiger partial charge in [0.25, 0.3) is 0 Å². The van der Waals surface area contributed by atoms with E-state index in [9.17, 15) is 0 Å². The fourth-order valence-electron chi connectivity index (χ4n) is 2.47. The molecule has 0 fully saturated rings. The minimum atomic E-state index is 0.406. The van der Waals surface area contributed by atoms with Crippen molar-refractivity contribution in [1.29, 1.82) is 0 Å². The third kappa shape index (κ3) is 2.87. The quantitative estimate of drug-likeness (QED) is 0.777. The predicted octanol–water partition coefficient (Wildman–Crippen LogP) is 2.05. The summed E-state index contributed by atoms with van der Waals surface area (Å²) in [5.74, 6) is 0.866. The SMILES string of the molecule is Cn1cc(COc2ccc3ccccc3c2CCN)nn1. The molecule has 108 valence electrons. The largest absolute Gasteiger partial charge is 0.487 e. The number of aromatic nitrogens is 3. The van der Waals surface area contributed by atoms with E-state index in [4.69, 9.17) is 10.5 Å². The summed E-state index contributed by atoms with van der Waals surface area (Å²) in [5, 5.41) is 10.3. The molecule has 5 heteroatoms. The Morgan fingerprint density at radius 2 is 2.05 bits per heavy atom. The molecule has 1 aromatic heterocycles. The Hall–Kier alpha value is -2.40. The molecule has 2 aromatic carbocycles. The second-order valence-corrected chi connectivity index (χ2v) is 4.97. The molecule has 2 N–H and O–H groups in total. The van der Waals surface area contributed by atoms with Crippen molar-refractivity contribution in [2.24, 2.45) is 12.8 Å². The molecule has 0 spiro atoms. The minimum Gasteiger partial charge on any atom is -0.487 e. The van der Waals surface area contributed by atoms with Crippen molar-refractivity contribution in [3.8, 4) is 5.75 Å². The fourth-order valence-corrected chi connectivity index (χ4v) is 2.47. The van der Waals surface area contributed by atoms with Gasteiger partial charge in [-0.05, 0) is 29.8 Å². The van der Waals surface area contributed by atoms with Gasteiger partial charge >= 0.3 is 0 Å². The van der Waals surface area contributed by atoms with Gasteiger partial charge in [-0.2, -0.15) is 0 Å². The first-order chi connectivity index (χ1) is 10.3. The lowest BCUT2D eigenvalue weighted by Crippen LogP contribution is -2.06. The van der Waals surface area contributed by atoms with E-state index in [1.54, 1.807) is 4.68 Å². The molecule has 5 nitrogen and oxygen atoms in total. The van der Waals surface area contributed by atoms with E-state index < -0.39 is 0 Å². The molecule has 3 rings (SSSR count). The molecule has 0 saturated heterocycles. The van der Waals surface area contributed by atoms with Crippen LogP contribution in [0.25, 0.3) is 10.8 Å². The van der Waals surface area contributed by atoms with Crippen LogP contribution in [0.15, 0.2) is 42.6 Å². The summed E-state index contributed by atoms with van der Waals surface area (Å²) in [5.41, 5.74) is 7.71. The van der Waals surface area contributed by atoms with E-state index >= 15 is 0 Å². The average Bonchev–Trinajstić information content (AvgIpc) is 2.92. The first-order valence-corrected chi connectivity index (χ1v) is 6.96. The summed E-state index contributed by atoms with van der Waals surface area (Å²) < 4.78 is 7.59. The summed E-state index contributed by atoms with van der Waals surface area (Å²) in [7, 11) is 1.84. The van der Waals surface area contributed by atoms with E-state index in [0.29, 0.717) is 13.2 Å². The first kappa shape index (κ1) is 13.6. The third-order valence-electron chi connectivity index (χ3n) is 3.42. The lowest BCUT2D eigenvalue weighted by molar-refractivity contribution is 0.298. The molecule has 0 bridgehead atoms. The van der Waals surface area contributed by atoms with Crippen LogP contribution in [-0.2, 0) is 20.1 Å². The summed E-state index contributed by atoms with van der Waals surface area (Å²) >= 11 is 0. The van der Waals surface area contributed by atoms with Gasteiger partial charge in [0, 0.05) is 12.6 Å². The molecule has 0 aliphatic carbocycles. The molecule has 0 unspecified atom stereocenters. The molecular formula is C16H18N4O. The van der Waals surface area contributed by atoms with Gasteiger partial charge in [0.2, 0.25) is 0 Å². The molecule has 21 heavy (non-hydrogen) atoms. The lowest BCUT2D eigenvalue weighted by atomic mass is 10.0. The van der Waals surface area contributed by atoms with E-state index in [1.807, 2.05) is 31.4 Å². The smallest absolute Gasteiger partial charge is 0.134 e. The Labute approximate surface area is 123 Å². The summed E-state index contributed by atoms with van der Waals surface area (Å²) in [4.78, 5) is 0. The standard InChI is InChI=1S/C16H18N4O/c1-20-10-13(18-19-20)11-21-16-7-6-12-4-2-3-5-14(12)15(16)8-9-17/h2-7,10H,8-9,11,17H2,1H3. The normalized spacial score (nSPS) is 11.0. The zero-order valence-corrected chi connectivity index (χ0v) is 12.0. The lowest BCUT2D eigenvalue weighted by Gasteiger charge is -2.13. The maximum absolute atomic E-state index is 5.93. The Kier molecular flexibility index (Phi) is 3.83. The monoisotopic (exact) mass is 282 g/mol. The third-order valence-corrected chi connectivity index (χ3v) is 3.42. The number of ether oxygens (including phenoxy) is 1. The Balaban J connectivity index is 1.91. The number of hydrogen-bond donors (Lipinski definition) is 1. The number of benzene rings is 2. The Morgan fingerprint density at radius 3 is 2.81 bits per heavy atom. The van der Waals surface area contributed by atoms with Gasteiger partial charge in [-0.15, -0.1) is 5.10 Å². The van der Waals surface area contributed by atoms with Crippen molar-refractivity contribution in [2.75, 3.05) is 6.54 Å². The highest BCUT2D eigenvalue weighted by Crippen LogP contribution is 2.28. The molecule has 0 radical (unpaired) electrons. The zero-order valence-electron chi connectivity index (χ0n) is 12.0. The van der Waals surface area contributed by atoms with Gasteiger partial charge in [-0.25, -0.2) is 0 Å². The van der Waals surface area contributed by atoms with E-state index in [-0.39, 0.29) is 0 Å². The molecule has 0 atom stereocenters. The van der Waals surface area contributed by atoms with Crippen LogP contribution >= 0.6 is 0 Å². The molecule has 0 saturated carbocycles. The first-order valence-electron chi connectivity index (χ1n) is 6.96. The van der Waals surface area contributed by atoms with Crippen LogP contribution in [0.2, 0.25) is 0 Å². The maximum atomic E-state index is 5.93. The summed E-state index contributed by atoms with van der Waals surface area (Å²) in [6, 6.07) is 12.4. The van der Waals surface area contributed by atoms with Crippen LogP contribution in [-0.4, -0.2) is 21.5 Å². The van der Waals surface area contributed by atoms with Crippen molar-refractivity contribution < 1.29 is 4.74 Å². The second kappa shape index (κ2) is 5.93. The number of hydrogen-bond acceptors (Lipinski definition) is 4. The molecular weight excluding hydrogens is 264 g/mol. The Bertz CT molecular complexity index is 751. The van der Waals surface area contributed by atoms with Crippen molar-refractivity contribution in [1.82, 2.24) is 15.0 Å². The summed E-state index contributed by atoms with van der Waals surface area (Å²) in [6.45, 7) is 0.999. The average molecular weight is 282 g/mol. The topological polar surface area (TPSA) is 66.0 Å². The van der Waals surface area contributed by atoms with E-state index in [0.717, 1.165) is 23.4 Å². The molecule has 1 heterocycles. The highest BCUT2D eigenvalue weighted by atomic mass is 16.5. The molecule has 0 aliphatic heterocycles. The van der Waals surface area contributed by atoms with Crippen LogP contribution in [0.3, 0.4) is 0 Å². The number of nitrogens with two attached hydrogens (primary N) is 1. The van der Waals surface area contributed by atoms with Crippen molar-refractivity contribution in [3.63, 3.8) is 0 Å². The minimum absolute atomic E-state index is 0.406. The van der Waals surface area contributed by atoms with Crippen LogP contribution in [0.4, 0.5) is 0 Å². The number of nitrogens with zero attached hydrogens (tertiary/aromatic N) is 3. The van der Waals surface area contributed by atoms with Crippen molar-refractivity contribution in [3.05, 3.63) is 53.9 Å². The van der Waals surface area contributed by atoms with Crippen LogP contribution in [0, 0.1) is 0 Å². The van der Waals surface area contributed by atoms with Crippen LogP contribution in [0.1, 0.15) is 11.3 Å². The number of rotatable bonds is 5. The van der Waals surface area contributed by atoms with Gasteiger partial charge in [0.1, 0.15) is 18.1 Å². The number of fused-ring (bicyclic) bond motifs is 1. The van der Waals surface area contributed by atoms with E-state index in [1.165, 1.54) is 10.8 Å². The maximum Gasteiger partial charge on any atom is 0.134 e. The highest BCUT2D eigenvalue weighted by Gasteiger charge is 2.09. The second-order valence-electron chi connectivity index (χ2n) is 4.97. The van der Waals surface area contributed by atoms with Crippen LogP contribution in [0.5, 0.6) is 5.75 Å². The Morgan fingerprint density at radius 1 is 1.19 bits per heavy atom. The van der Waals surface area contributed by atoms with Crippen LogP contribution < -0.4 is 10.5 Å². The van der Waals surface area contributed by atoms with E-state index in [2.05, 4.69) is 28.5 Å². The van der Waals surface area contributed by atoms with Gasteiger partial charge in [0.15, 0.2) is 0 Å². The molecule has 0 aliphatic rings. The van der Waals surface area contributed by atoms with Crippen molar-refractivity contribution in [2.45, 2.75) is 13.0 Å². The summed E-state index contributed by atoms with van der Waals surface area (Å²) in [6.07, 6.45) is 2.64. The van der Waals surface area contributed by atoms with Crippen molar-refractivity contribution >= 4 is 10.8 Å². The number of aryl methyl sites for hydroxylation is 1. The van der Waals surface area contributed by atoms with Gasteiger partial charge in [0.05, 0.1) is 6.20 Å². The van der Waals surface area contributed by atoms with Gasteiger partial charge in [-0.1, -0.05) is 35.5 Å². The fraction of sp³-hybridized carbons (Fsp3) is 0.250. The van der Waals surface area contributed by atoms with Gasteiger partial charge in [-0.3, -0.25) is 4.68 Å². The predicted molar refractivity (Wildman–Crippen MR) is 82.0 cm³/mol.